The first-order valence-corrected chi connectivity index (χ1v) is 4.07. The number of aromatic nitrogens is 1. The van der Waals surface area contributed by atoms with Gasteiger partial charge >= 0.3 is 0 Å². The first-order valence-electron chi connectivity index (χ1n) is 4.07. The van der Waals surface area contributed by atoms with Crippen molar-refractivity contribution in [2.45, 2.75) is 13.0 Å². The van der Waals surface area contributed by atoms with E-state index in [1.165, 1.54) is 0 Å². The van der Waals surface area contributed by atoms with Gasteiger partial charge in [0.25, 0.3) is 0 Å². The molecule has 0 spiro atoms. The molecule has 1 rings (SSSR count). The Kier molecular flexibility index (Phi) is 3.34. The average molecular weight is 176 g/mol. The van der Waals surface area contributed by atoms with Crippen LogP contribution in [0, 0.1) is 0 Å². The molecule has 0 unspecified atom stereocenters. The van der Waals surface area contributed by atoms with E-state index >= 15 is 0 Å². The van der Waals surface area contributed by atoms with Crippen LogP contribution < -0.4 is 5.73 Å². The van der Waals surface area contributed by atoms with Gasteiger partial charge in [0.05, 0.1) is 5.69 Å². The average Bonchev–Trinajstić information content (AvgIpc) is 2.18. The van der Waals surface area contributed by atoms with Gasteiger partial charge in [-0.3, -0.25) is 9.78 Å². The number of pyridine rings is 1. The summed E-state index contributed by atoms with van der Waals surface area (Å²) in [5.41, 5.74) is 6.78. The second kappa shape index (κ2) is 4.52. The first kappa shape index (κ1) is 9.61. The number of nitrogens with zero attached hydrogens (tertiary/aromatic N) is 1. The molecule has 3 nitrogen and oxygen atoms in total. The standard InChI is InChI=1S/C10H12N2O/c1-2-3-10(13)8-4-5-12-9(6-8)7-11/h2,4-6H,1,3,7,11H2. The highest BCUT2D eigenvalue weighted by Crippen LogP contribution is 2.04. The Morgan fingerprint density at radius 2 is 2.46 bits per heavy atom. The first-order chi connectivity index (χ1) is 6.27. The van der Waals surface area contributed by atoms with E-state index in [2.05, 4.69) is 11.6 Å². The zero-order chi connectivity index (χ0) is 9.68. The van der Waals surface area contributed by atoms with Crippen molar-refractivity contribution in [3.8, 4) is 0 Å². The summed E-state index contributed by atoms with van der Waals surface area (Å²) in [6.45, 7) is 3.86. The van der Waals surface area contributed by atoms with Crippen molar-refractivity contribution in [3.63, 3.8) is 0 Å². The van der Waals surface area contributed by atoms with Crippen LogP contribution in [0.25, 0.3) is 0 Å². The van der Waals surface area contributed by atoms with Crippen LogP contribution in [0.15, 0.2) is 31.0 Å². The lowest BCUT2D eigenvalue weighted by atomic mass is 10.1. The second-order valence-corrected chi connectivity index (χ2v) is 2.66. The molecule has 3 heteroatoms. The van der Waals surface area contributed by atoms with Crippen LogP contribution in [0.4, 0.5) is 0 Å². The van der Waals surface area contributed by atoms with Crippen LogP contribution >= 0.6 is 0 Å². The fourth-order valence-corrected chi connectivity index (χ4v) is 1.01. The zero-order valence-electron chi connectivity index (χ0n) is 7.36. The fraction of sp³-hybridized carbons (Fsp3) is 0.200. The third-order valence-corrected chi connectivity index (χ3v) is 1.68. The second-order valence-electron chi connectivity index (χ2n) is 2.66. The van der Waals surface area contributed by atoms with Gasteiger partial charge in [0.15, 0.2) is 5.78 Å². The van der Waals surface area contributed by atoms with Gasteiger partial charge in [-0.25, -0.2) is 0 Å². The number of nitrogens with two attached hydrogens (primary N) is 1. The minimum Gasteiger partial charge on any atom is -0.325 e. The molecule has 0 aliphatic heterocycles. The highest BCUT2D eigenvalue weighted by Gasteiger charge is 2.03. The third-order valence-electron chi connectivity index (χ3n) is 1.68. The summed E-state index contributed by atoms with van der Waals surface area (Å²) in [7, 11) is 0. The fourth-order valence-electron chi connectivity index (χ4n) is 1.01. The van der Waals surface area contributed by atoms with Crippen molar-refractivity contribution in [3.05, 3.63) is 42.2 Å². The number of hydrogen-bond acceptors (Lipinski definition) is 3. The Hall–Kier alpha value is -1.48. The maximum absolute atomic E-state index is 11.4. The minimum absolute atomic E-state index is 0.0482. The number of hydrogen-bond donors (Lipinski definition) is 1. The molecular weight excluding hydrogens is 164 g/mol. The summed E-state index contributed by atoms with van der Waals surface area (Å²) in [6, 6.07) is 3.40. The summed E-state index contributed by atoms with van der Waals surface area (Å²) >= 11 is 0. The van der Waals surface area contributed by atoms with Crippen LogP contribution in [-0.2, 0) is 6.54 Å². The van der Waals surface area contributed by atoms with Crippen molar-refractivity contribution in [1.82, 2.24) is 4.98 Å². The topological polar surface area (TPSA) is 56.0 Å². The Balaban J connectivity index is 2.87. The lowest BCUT2D eigenvalue weighted by Gasteiger charge is -1.99. The quantitative estimate of drug-likeness (QED) is 0.555. The number of allylic oxidation sites excluding steroid dienone is 1. The van der Waals surface area contributed by atoms with E-state index < -0.39 is 0 Å². The summed E-state index contributed by atoms with van der Waals surface area (Å²) < 4.78 is 0. The van der Waals surface area contributed by atoms with Gasteiger partial charge in [-0.05, 0) is 12.1 Å². The zero-order valence-corrected chi connectivity index (χ0v) is 7.36. The van der Waals surface area contributed by atoms with Gasteiger partial charge in [-0.15, -0.1) is 6.58 Å². The molecule has 1 heterocycles. The van der Waals surface area contributed by atoms with Gasteiger partial charge < -0.3 is 5.73 Å². The Bertz CT molecular complexity index is 320. The van der Waals surface area contributed by atoms with Gasteiger partial charge in [-0.1, -0.05) is 6.08 Å². The molecule has 0 amide bonds. The van der Waals surface area contributed by atoms with Crippen molar-refractivity contribution in [2.75, 3.05) is 0 Å². The van der Waals surface area contributed by atoms with Crippen LogP contribution in [-0.4, -0.2) is 10.8 Å². The predicted molar refractivity (Wildman–Crippen MR) is 51.3 cm³/mol. The maximum atomic E-state index is 11.4. The Morgan fingerprint density at radius 3 is 3.08 bits per heavy atom. The minimum atomic E-state index is 0.0482. The smallest absolute Gasteiger partial charge is 0.166 e. The van der Waals surface area contributed by atoms with E-state index in [1.807, 2.05) is 0 Å². The molecular formula is C10H12N2O. The molecule has 2 N–H and O–H groups in total. The molecule has 68 valence electrons. The summed E-state index contributed by atoms with van der Waals surface area (Å²) in [4.78, 5) is 15.4. The highest BCUT2D eigenvalue weighted by atomic mass is 16.1. The van der Waals surface area contributed by atoms with Gasteiger partial charge in [0.2, 0.25) is 0 Å². The van der Waals surface area contributed by atoms with Crippen molar-refractivity contribution < 1.29 is 4.79 Å². The molecule has 1 aromatic rings. The third kappa shape index (κ3) is 2.49. The van der Waals surface area contributed by atoms with Crippen LogP contribution in [0.2, 0.25) is 0 Å². The van der Waals surface area contributed by atoms with E-state index in [-0.39, 0.29) is 5.78 Å². The van der Waals surface area contributed by atoms with E-state index in [0.29, 0.717) is 18.5 Å². The molecule has 0 saturated heterocycles. The van der Waals surface area contributed by atoms with Crippen LogP contribution in [0.5, 0.6) is 0 Å². The largest absolute Gasteiger partial charge is 0.325 e. The SMILES string of the molecule is C=CCC(=O)c1ccnc(CN)c1. The molecule has 0 radical (unpaired) electrons. The van der Waals surface area contributed by atoms with E-state index in [1.54, 1.807) is 24.4 Å². The summed E-state index contributed by atoms with van der Waals surface area (Å²) in [5.74, 6) is 0.0482. The lowest BCUT2D eigenvalue weighted by Crippen LogP contribution is -2.03. The number of carbonyl (C=O) groups excluding carboxylic acids is 1. The van der Waals surface area contributed by atoms with Crippen molar-refractivity contribution in [2.24, 2.45) is 5.73 Å². The molecule has 1 aromatic heterocycles. The predicted octanol–water partition coefficient (Wildman–Crippen LogP) is 1.30. The monoisotopic (exact) mass is 176 g/mol. The van der Waals surface area contributed by atoms with Gasteiger partial charge in [-0.2, -0.15) is 0 Å². The number of rotatable bonds is 4. The molecule has 0 bridgehead atoms. The van der Waals surface area contributed by atoms with E-state index in [9.17, 15) is 4.79 Å². The molecule has 0 atom stereocenters. The van der Waals surface area contributed by atoms with Crippen molar-refractivity contribution >= 4 is 5.78 Å². The van der Waals surface area contributed by atoms with Crippen LogP contribution in [0.1, 0.15) is 22.5 Å². The van der Waals surface area contributed by atoms with E-state index in [0.717, 1.165) is 5.69 Å². The molecule has 0 fully saturated rings. The maximum Gasteiger partial charge on any atom is 0.166 e. The molecule has 13 heavy (non-hydrogen) atoms. The lowest BCUT2D eigenvalue weighted by molar-refractivity contribution is 0.0995. The van der Waals surface area contributed by atoms with Gasteiger partial charge in [0, 0.05) is 24.7 Å². The summed E-state index contributed by atoms with van der Waals surface area (Å²) in [5, 5.41) is 0. The summed E-state index contributed by atoms with van der Waals surface area (Å²) in [6.07, 6.45) is 3.54. The Labute approximate surface area is 77.3 Å². The molecule has 0 aliphatic rings. The number of carbonyl (C=O) groups is 1. The van der Waals surface area contributed by atoms with Crippen LogP contribution in [0.3, 0.4) is 0 Å². The molecule has 0 saturated carbocycles. The number of ketones is 1. The Morgan fingerprint density at radius 1 is 1.69 bits per heavy atom. The number of Topliss-reactive ketones (excluding diaryl/α,β-unsaturated/α-hetero) is 1. The van der Waals surface area contributed by atoms with Crippen molar-refractivity contribution in [1.29, 1.82) is 0 Å². The van der Waals surface area contributed by atoms with Gasteiger partial charge in [0.1, 0.15) is 0 Å². The highest BCUT2D eigenvalue weighted by molar-refractivity contribution is 5.96. The van der Waals surface area contributed by atoms with E-state index in [4.69, 9.17) is 5.73 Å². The molecule has 0 aromatic carbocycles. The molecule has 0 aliphatic carbocycles. The normalized spacial score (nSPS) is 9.62.